The van der Waals surface area contributed by atoms with Crippen molar-refractivity contribution in [2.75, 3.05) is 0 Å². The van der Waals surface area contributed by atoms with Crippen LogP contribution in [0, 0.1) is 6.92 Å². The van der Waals surface area contributed by atoms with E-state index >= 15 is 0 Å². The van der Waals surface area contributed by atoms with E-state index in [2.05, 4.69) is 12.1 Å². The van der Waals surface area contributed by atoms with Crippen LogP contribution in [-0.2, 0) is 6.42 Å². The Morgan fingerprint density at radius 1 is 1.11 bits per heavy atom. The van der Waals surface area contributed by atoms with E-state index < -0.39 is 0 Å². The molecule has 2 heteroatoms. The molecule has 0 unspecified atom stereocenters. The number of halogens is 1. The summed E-state index contributed by atoms with van der Waals surface area (Å²) in [5, 5.41) is 0.622. The third kappa shape index (κ3) is 3.93. The van der Waals surface area contributed by atoms with Crippen molar-refractivity contribution in [1.82, 2.24) is 0 Å². The first-order valence-corrected chi connectivity index (χ1v) is 6.88. The van der Waals surface area contributed by atoms with E-state index in [0.29, 0.717) is 11.4 Å². The maximum absolute atomic E-state index is 12.1. The molecular weight excluding hydrogens is 256 g/mol. The standard InChI is InChI=1S/C17H17ClO/c1-13-10-11-15(18)12-16(13)17(19)9-5-8-14-6-3-2-4-7-14/h2-4,6-7,10-12H,5,8-9H2,1H3. The van der Waals surface area contributed by atoms with Gasteiger partial charge in [0, 0.05) is 17.0 Å². The first-order valence-electron chi connectivity index (χ1n) is 6.50. The second kappa shape index (κ2) is 6.53. The molecule has 0 atom stereocenters. The van der Waals surface area contributed by atoms with Crippen molar-refractivity contribution in [2.24, 2.45) is 0 Å². The van der Waals surface area contributed by atoms with Gasteiger partial charge in [-0.3, -0.25) is 4.79 Å². The molecule has 0 bridgehead atoms. The zero-order valence-corrected chi connectivity index (χ0v) is 11.8. The zero-order valence-electron chi connectivity index (χ0n) is 11.0. The van der Waals surface area contributed by atoms with E-state index in [0.717, 1.165) is 24.0 Å². The van der Waals surface area contributed by atoms with E-state index in [1.54, 1.807) is 6.07 Å². The lowest BCUT2D eigenvalue weighted by Gasteiger charge is -2.06. The zero-order chi connectivity index (χ0) is 13.7. The molecule has 0 saturated heterocycles. The normalized spacial score (nSPS) is 10.4. The van der Waals surface area contributed by atoms with Crippen molar-refractivity contribution in [3.8, 4) is 0 Å². The molecule has 0 aliphatic rings. The molecule has 0 aromatic heterocycles. The Kier molecular flexibility index (Phi) is 4.75. The number of hydrogen-bond acceptors (Lipinski definition) is 1. The highest BCUT2D eigenvalue weighted by atomic mass is 35.5. The van der Waals surface area contributed by atoms with E-state index in [-0.39, 0.29) is 5.78 Å². The Hall–Kier alpha value is -1.60. The van der Waals surface area contributed by atoms with Crippen molar-refractivity contribution < 1.29 is 4.79 Å². The summed E-state index contributed by atoms with van der Waals surface area (Å²) in [4.78, 5) is 12.1. The van der Waals surface area contributed by atoms with Gasteiger partial charge < -0.3 is 0 Å². The molecule has 0 N–H and O–H groups in total. The van der Waals surface area contributed by atoms with Crippen molar-refractivity contribution in [3.63, 3.8) is 0 Å². The molecule has 98 valence electrons. The van der Waals surface area contributed by atoms with E-state index in [1.807, 2.05) is 37.3 Å². The number of carbonyl (C=O) groups is 1. The third-order valence-electron chi connectivity index (χ3n) is 3.21. The fourth-order valence-corrected chi connectivity index (χ4v) is 2.30. The monoisotopic (exact) mass is 272 g/mol. The summed E-state index contributed by atoms with van der Waals surface area (Å²) >= 11 is 5.94. The van der Waals surface area contributed by atoms with Gasteiger partial charge in [-0.25, -0.2) is 0 Å². The van der Waals surface area contributed by atoms with Crippen LogP contribution in [0.5, 0.6) is 0 Å². The lowest BCUT2D eigenvalue weighted by atomic mass is 9.99. The topological polar surface area (TPSA) is 17.1 Å². The highest BCUT2D eigenvalue weighted by Crippen LogP contribution is 2.18. The fraction of sp³-hybridized carbons (Fsp3) is 0.235. The molecule has 0 saturated carbocycles. The number of carbonyl (C=O) groups excluding carboxylic acids is 1. The Morgan fingerprint density at radius 2 is 1.84 bits per heavy atom. The molecule has 0 spiro atoms. The number of aryl methyl sites for hydroxylation is 2. The van der Waals surface area contributed by atoms with Crippen LogP contribution in [-0.4, -0.2) is 5.78 Å². The van der Waals surface area contributed by atoms with Crippen LogP contribution in [0.4, 0.5) is 0 Å². The number of Topliss-reactive ketones (excluding diaryl/α,β-unsaturated/α-hetero) is 1. The molecule has 2 aromatic carbocycles. The molecular formula is C17H17ClO. The van der Waals surface area contributed by atoms with Crippen molar-refractivity contribution in [3.05, 3.63) is 70.2 Å². The predicted octanol–water partition coefficient (Wildman–Crippen LogP) is 4.85. The summed E-state index contributed by atoms with van der Waals surface area (Å²) < 4.78 is 0. The summed E-state index contributed by atoms with van der Waals surface area (Å²) in [6, 6.07) is 15.7. The van der Waals surface area contributed by atoms with Gasteiger partial charge in [-0.2, -0.15) is 0 Å². The van der Waals surface area contributed by atoms with Crippen molar-refractivity contribution in [1.29, 1.82) is 0 Å². The SMILES string of the molecule is Cc1ccc(Cl)cc1C(=O)CCCc1ccccc1. The van der Waals surface area contributed by atoms with Gasteiger partial charge in [0.1, 0.15) is 0 Å². The van der Waals surface area contributed by atoms with Gasteiger partial charge in [0.2, 0.25) is 0 Å². The smallest absolute Gasteiger partial charge is 0.163 e. The Bertz CT molecular complexity index is 561. The predicted molar refractivity (Wildman–Crippen MR) is 79.9 cm³/mol. The van der Waals surface area contributed by atoms with Crippen molar-refractivity contribution >= 4 is 17.4 Å². The van der Waals surface area contributed by atoms with Gasteiger partial charge in [0.25, 0.3) is 0 Å². The largest absolute Gasteiger partial charge is 0.294 e. The van der Waals surface area contributed by atoms with Crippen LogP contribution in [0.1, 0.15) is 34.3 Å². The molecule has 0 radical (unpaired) electrons. The highest BCUT2D eigenvalue weighted by Gasteiger charge is 2.09. The molecule has 2 rings (SSSR count). The first-order chi connectivity index (χ1) is 9.16. The molecule has 0 amide bonds. The van der Waals surface area contributed by atoms with E-state index in [9.17, 15) is 4.79 Å². The minimum absolute atomic E-state index is 0.177. The average Bonchev–Trinajstić information content (AvgIpc) is 2.42. The number of rotatable bonds is 5. The third-order valence-corrected chi connectivity index (χ3v) is 3.45. The van der Waals surface area contributed by atoms with Crippen LogP contribution >= 0.6 is 11.6 Å². The van der Waals surface area contributed by atoms with Gasteiger partial charge in [0.05, 0.1) is 0 Å². The Balaban J connectivity index is 1.93. The van der Waals surface area contributed by atoms with Crippen LogP contribution in [0.15, 0.2) is 48.5 Å². The van der Waals surface area contributed by atoms with E-state index in [1.165, 1.54) is 5.56 Å². The van der Waals surface area contributed by atoms with Gasteiger partial charge in [-0.1, -0.05) is 48.0 Å². The van der Waals surface area contributed by atoms with Crippen molar-refractivity contribution in [2.45, 2.75) is 26.2 Å². The second-order valence-corrected chi connectivity index (χ2v) is 5.16. The summed E-state index contributed by atoms with van der Waals surface area (Å²) in [6.45, 7) is 1.95. The summed E-state index contributed by atoms with van der Waals surface area (Å²) in [6.07, 6.45) is 2.37. The number of ketones is 1. The molecule has 0 aliphatic heterocycles. The molecule has 0 aliphatic carbocycles. The number of hydrogen-bond donors (Lipinski definition) is 0. The lowest BCUT2D eigenvalue weighted by Crippen LogP contribution is -2.02. The van der Waals surface area contributed by atoms with Gasteiger partial charge in [-0.05, 0) is 43.0 Å². The lowest BCUT2D eigenvalue weighted by molar-refractivity contribution is 0.0979. The molecule has 0 heterocycles. The quantitative estimate of drug-likeness (QED) is 0.711. The maximum atomic E-state index is 12.1. The fourth-order valence-electron chi connectivity index (χ4n) is 2.13. The van der Waals surface area contributed by atoms with Gasteiger partial charge in [0.15, 0.2) is 5.78 Å². The van der Waals surface area contributed by atoms with Crippen LogP contribution in [0.2, 0.25) is 5.02 Å². The molecule has 2 aromatic rings. The maximum Gasteiger partial charge on any atom is 0.163 e. The number of benzene rings is 2. The summed E-state index contributed by atoms with van der Waals surface area (Å²) in [5.41, 5.74) is 3.02. The molecule has 19 heavy (non-hydrogen) atoms. The first kappa shape index (κ1) is 13.8. The van der Waals surface area contributed by atoms with Crippen LogP contribution in [0.3, 0.4) is 0 Å². The summed E-state index contributed by atoms with van der Waals surface area (Å²) in [7, 11) is 0. The Labute approximate surface area is 119 Å². The van der Waals surface area contributed by atoms with Crippen LogP contribution < -0.4 is 0 Å². The highest BCUT2D eigenvalue weighted by molar-refractivity contribution is 6.31. The minimum atomic E-state index is 0.177. The van der Waals surface area contributed by atoms with Gasteiger partial charge in [-0.15, -0.1) is 0 Å². The molecule has 1 nitrogen and oxygen atoms in total. The molecule has 0 fully saturated rings. The summed E-state index contributed by atoms with van der Waals surface area (Å²) in [5.74, 6) is 0.177. The Morgan fingerprint density at radius 3 is 2.58 bits per heavy atom. The van der Waals surface area contributed by atoms with Crippen LogP contribution in [0.25, 0.3) is 0 Å². The second-order valence-electron chi connectivity index (χ2n) is 4.72. The van der Waals surface area contributed by atoms with E-state index in [4.69, 9.17) is 11.6 Å². The minimum Gasteiger partial charge on any atom is -0.294 e. The van der Waals surface area contributed by atoms with Gasteiger partial charge >= 0.3 is 0 Å². The average molecular weight is 273 g/mol.